The molecule has 0 radical (unpaired) electrons. The molecule has 0 unspecified atom stereocenters. The van der Waals surface area contributed by atoms with E-state index in [-0.39, 0.29) is 12.8 Å². The van der Waals surface area contributed by atoms with Crippen molar-refractivity contribution in [1.29, 1.82) is 0 Å². The molecule has 2 amide bonds. The highest BCUT2D eigenvalue weighted by Crippen LogP contribution is 2.34. The van der Waals surface area contributed by atoms with Crippen LogP contribution in [-0.4, -0.2) is 30.1 Å². The molecule has 2 N–H and O–H groups in total. The first-order chi connectivity index (χ1) is 13.2. The van der Waals surface area contributed by atoms with Gasteiger partial charge >= 0.3 is 12.0 Å². The van der Waals surface area contributed by atoms with Crippen LogP contribution >= 0.6 is 0 Å². The van der Waals surface area contributed by atoms with E-state index in [1.54, 1.807) is 25.3 Å². The van der Waals surface area contributed by atoms with Gasteiger partial charge in [0, 0.05) is 11.8 Å². The predicted molar refractivity (Wildman–Crippen MR) is 95.3 cm³/mol. The quantitative estimate of drug-likeness (QED) is 0.712. The average Bonchev–Trinajstić information content (AvgIpc) is 3.31. The number of nitrogens with zero attached hydrogens (tertiary/aromatic N) is 2. The SMILES string of the molecule is COc1ccc(Cc2nnc(NC(=O)Nc3ccc4c(c3)OCO4)o2)cc1. The molecular formula is C18H16N4O5. The molecule has 2 aromatic carbocycles. The highest BCUT2D eigenvalue weighted by atomic mass is 16.7. The van der Waals surface area contributed by atoms with Crippen LogP contribution in [0.4, 0.5) is 16.5 Å². The van der Waals surface area contributed by atoms with Crippen LogP contribution < -0.4 is 24.8 Å². The monoisotopic (exact) mass is 368 g/mol. The van der Waals surface area contributed by atoms with E-state index in [0.29, 0.717) is 29.5 Å². The molecule has 0 fully saturated rings. The Morgan fingerprint density at radius 1 is 1.07 bits per heavy atom. The number of hydrogen-bond donors (Lipinski definition) is 2. The minimum atomic E-state index is -0.506. The molecule has 1 aliphatic heterocycles. The fourth-order valence-electron chi connectivity index (χ4n) is 2.53. The van der Waals surface area contributed by atoms with Crippen LogP contribution in [0.3, 0.4) is 0 Å². The molecule has 9 heteroatoms. The Hall–Kier alpha value is -3.75. The molecule has 0 bridgehead atoms. The summed E-state index contributed by atoms with van der Waals surface area (Å²) in [6.45, 7) is 0.171. The van der Waals surface area contributed by atoms with Gasteiger partial charge in [0.05, 0.1) is 13.5 Å². The third-order valence-electron chi connectivity index (χ3n) is 3.83. The minimum absolute atomic E-state index is 0.0109. The topological polar surface area (TPSA) is 108 Å². The second-order valence-electron chi connectivity index (χ2n) is 5.67. The fraction of sp³-hybridized carbons (Fsp3) is 0.167. The molecule has 0 spiro atoms. The standard InChI is InChI=1S/C18H16N4O5/c1-24-13-5-2-11(3-6-13)8-16-21-22-18(27-16)20-17(23)19-12-4-7-14-15(9-12)26-10-25-14/h2-7,9H,8,10H2,1H3,(H2,19,20,22,23). The Bertz CT molecular complexity index is 955. The van der Waals surface area contributed by atoms with Gasteiger partial charge in [-0.15, -0.1) is 5.10 Å². The molecule has 4 rings (SSSR count). The molecule has 2 heterocycles. The van der Waals surface area contributed by atoms with Crippen molar-refractivity contribution in [3.63, 3.8) is 0 Å². The normalized spacial score (nSPS) is 11.9. The van der Waals surface area contributed by atoms with Gasteiger partial charge in [0.25, 0.3) is 0 Å². The summed E-state index contributed by atoms with van der Waals surface area (Å²) in [5.41, 5.74) is 1.53. The minimum Gasteiger partial charge on any atom is -0.497 e. The second-order valence-corrected chi connectivity index (χ2v) is 5.67. The van der Waals surface area contributed by atoms with Crippen molar-refractivity contribution in [1.82, 2.24) is 10.2 Å². The molecular weight excluding hydrogens is 352 g/mol. The largest absolute Gasteiger partial charge is 0.497 e. The van der Waals surface area contributed by atoms with Crippen LogP contribution in [0.1, 0.15) is 11.5 Å². The van der Waals surface area contributed by atoms with Crippen molar-refractivity contribution in [2.75, 3.05) is 24.5 Å². The van der Waals surface area contributed by atoms with E-state index in [0.717, 1.165) is 11.3 Å². The highest BCUT2D eigenvalue weighted by molar-refractivity contribution is 5.98. The molecule has 138 valence electrons. The zero-order valence-corrected chi connectivity index (χ0v) is 14.4. The van der Waals surface area contributed by atoms with Gasteiger partial charge in [0.2, 0.25) is 12.7 Å². The maximum atomic E-state index is 12.1. The first-order valence-corrected chi connectivity index (χ1v) is 8.12. The summed E-state index contributed by atoms with van der Waals surface area (Å²) in [7, 11) is 1.61. The Morgan fingerprint density at radius 2 is 1.89 bits per heavy atom. The van der Waals surface area contributed by atoms with E-state index in [1.807, 2.05) is 24.3 Å². The Kier molecular flexibility index (Phi) is 4.48. The molecule has 0 saturated heterocycles. The lowest BCUT2D eigenvalue weighted by Gasteiger charge is -2.05. The Balaban J connectivity index is 1.35. The zero-order chi connectivity index (χ0) is 18.6. The van der Waals surface area contributed by atoms with Gasteiger partial charge in [-0.2, -0.15) is 0 Å². The van der Waals surface area contributed by atoms with E-state index >= 15 is 0 Å². The lowest BCUT2D eigenvalue weighted by atomic mass is 10.1. The Morgan fingerprint density at radius 3 is 2.70 bits per heavy atom. The van der Waals surface area contributed by atoms with Crippen LogP contribution in [0.15, 0.2) is 46.9 Å². The van der Waals surface area contributed by atoms with Crippen LogP contribution in [-0.2, 0) is 6.42 Å². The van der Waals surface area contributed by atoms with Crippen LogP contribution in [0.25, 0.3) is 0 Å². The van der Waals surface area contributed by atoms with Crippen molar-refractivity contribution in [2.45, 2.75) is 6.42 Å². The number of urea groups is 1. The summed E-state index contributed by atoms with van der Waals surface area (Å²) in [5.74, 6) is 2.37. The van der Waals surface area contributed by atoms with Gasteiger partial charge in [-0.05, 0) is 29.8 Å². The number of nitrogens with one attached hydrogen (secondary N) is 2. The number of anilines is 2. The van der Waals surface area contributed by atoms with Crippen LogP contribution in [0.5, 0.6) is 17.2 Å². The maximum Gasteiger partial charge on any atom is 0.327 e. The average molecular weight is 368 g/mol. The smallest absolute Gasteiger partial charge is 0.327 e. The summed E-state index contributed by atoms with van der Waals surface area (Å²) >= 11 is 0. The first kappa shape index (κ1) is 16.7. The molecule has 0 saturated carbocycles. The van der Waals surface area contributed by atoms with Crippen molar-refractivity contribution in [3.8, 4) is 17.2 Å². The molecule has 3 aromatic rings. The zero-order valence-electron chi connectivity index (χ0n) is 14.4. The molecule has 1 aliphatic rings. The lowest BCUT2D eigenvalue weighted by molar-refractivity contribution is 0.174. The van der Waals surface area contributed by atoms with Gasteiger partial charge in [-0.3, -0.25) is 5.32 Å². The third kappa shape index (κ3) is 3.92. The van der Waals surface area contributed by atoms with Crippen molar-refractivity contribution >= 4 is 17.7 Å². The second kappa shape index (κ2) is 7.24. The molecule has 27 heavy (non-hydrogen) atoms. The van der Waals surface area contributed by atoms with Crippen molar-refractivity contribution in [2.24, 2.45) is 0 Å². The highest BCUT2D eigenvalue weighted by Gasteiger charge is 2.15. The Labute approximate surface area is 154 Å². The summed E-state index contributed by atoms with van der Waals surface area (Å²) in [4.78, 5) is 12.1. The van der Waals surface area contributed by atoms with Gasteiger partial charge in [0.15, 0.2) is 11.5 Å². The van der Waals surface area contributed by atoms with Gasteiger partial charge in [-0.25, -0.2) is 4.79 Å². The van der Waals surface area contributed by atoms with Crippen LogP contribution in [0, 0.1) is 0 Å². The van der Waals surface area contributed by atoms with E-state index in [2.05, 4.69) is 20.8 Å². The van der Waals surface area contributed by atoms with Crippen LogP contribution in [0.2, 0.25) is 0 Å². The summed E-state index contributed by atoms with van der Waals surface area (Å²) in [6, 6.07) is 12.1. The molecule has 9 nitrogen and oxygen atoms in total. The van der Waals surface area contributed by atoms with Gasteiger partial charge in [0.1, 0.15) is 5.75 Å². The third-order valence-corrected chi connectivity index (χ3v) is 3.83. The number of carbonyl (C=O) groups is 1. The number of aromatic nitrogens is 2. The number of fused-ring (bicyclic) bond motifs is 1. The number of ether oxygens (including phenoxy) is 3. The molecule has 0 aliphatic carbocycles. The summed E-state index contributed by atoms with van der Waals surface area (Å²) in [5, 5.41) is 12.9. The maximum absolute atomic E-state index is 12.1. The van der Waals surface area contributed by atoms with Gasteiger partial charge in [-0.1, -0.05) is 17.2 Å². The number of methoxy groups -OCH3 is 1. The summed E-state index contributed by atoms with van der Waals surface area (Å²) < 4.78 is 21.1. The molecule has 1 aromatic heterocycles. The summed E-state index contributed by atoms with van der Waals surface area (Å²) in [6.07, 6.45) is 0.447. The molecule has 0 atom stereocenters. The first-order valence-electron chi connectivity index (χ1n) is 8.12. The number of benzene rings is 2. The number of carbonyl (C=O) groups excluding carboxylic acids is 1. The van der Waals surface area contributed by atoms with E-state index < -0.39 is 6.03 Å². The van der Waals surface area contributed by atoms with Crippen molar-refractivity contribution < 1.29 is 23.4 Å². The van der Waals surface area contributed by atoms with Gasteiger partial charge < -0.3 is 23.9 Å². The number of rotatable bonds is 5. The predicted octanol–water partition coefficient (Wildman–Crippen LogP) is 3.04. The van der Waals surface area contributed by atoms with E-state index in [4.69, 9.17) is 18.6 Å². The number of amides is 2. The van der Waals surface area contributed by atoms with E-state index in [1.165, 1.54) is 0 Å². The number of hydrogen-bond acceptors (Lipinski definition) is 7. The lowest BCUT2D eigenvalue weighted by Crippen LogP contribution is -2.19. The van der Waals surface area contributed by atoms with E-state index in [9.17, 15) is 4.79 Å². The fourth-order valence-corrected chi connectivity index (χ4v) is 2.53. The van der Waals surface area contributed by atoms with Crippen molar-refractivity contribution in [3.05, 3.63) is 53.9 Å².